The van der Waals surface area contributed by atoms with Crippen LogP contribution in [-0.2, 0) is 12.8 Å². The summed E-state index contributed by atoms with van der Waals surface area (Å²) in [7, 11) is 0. The Morgan fingerprint density at radius 2 is 1.94 bits per heavy atom. The molecule has 0 aliphatic heterocycles. The van der Waals surface area contributed by atoms with Gasteiger partial charge in [-0.05, 0) is 48.3 Å². The smallest absolute Gasteiger partial charge is 0.0302 e. The molecule has 0 radical (unpaired) electrons. The molecular formula is C15H23N. The van der Waals surface area contributed by atoms with Crippen LogP contribution in [0.5, 0.6) is 0 Å². The van der Waals surface area contributed by atoms with Gasteiger partial charge in [0.15, 0.2) is 0 Å². The Morgan fingerprint density at radius 1 is 1.12 bits per heavy atom. The summed E-state index contributed by atoms with van der Waals surface area (Å²) in [5.41, 5.74) is 3.63. The van der Waals surface area contributed by atoms with Gasteiger partial charge < -0.3 is 0 Å². The molecule has 2 rings (SSSR count). The van der Waals surface area contributed by atoms with Crippen LogP contribution in [-0.4, -0.2) is 4.98 Å². The summed E-state index contributed by atoms with van der Waals surface area (Å²) >= 11 is 0. The number of fused-ring (bicyclic) bond motifs is 1. The number of rotatable bonds is 5. The van der Waals surface area contributed by atoms with Gasteiger partial charge >= 0.3 is 0 Å². The molecule has 1 atom stereocenters. The molecule has 1 aromatic heterocycles. The Bertz CT molecular complexity index is 318. The minimum atomic E-state index is 0.566. The summed E-state index contributed by atoms with van der Waals surface area (Å²) < 4.78 is 0. The Morgan fingerprint density at radius 3 is 2.62 bits per heavy atom. The summed E-state index contributed by atoms with van der Waals surface area (Å²) in [5, 5.41) is 0. The monoisotopic (exact) mass is 217 g/mol. The Labute approximate surface area is 99.3 Å². The van der Waals surface area contributed by atoms with Crippen LogP contribution in [0.25, 0.3) is 0 Å². The number of nitrogens with zero attached hydrogens (tertiary/aromatic N) is 1. The number of hydrogen-bond acceptors (Lipinski definition) is 1. The average Bonchev–Trinajstić information content (AvgIpc) is 2.65. The van der Waals surface area contributed by atoms with Crippen molar-refractivity contribution < 1.29 is 0 Å². The highest BCUT2D eigenvalue weighted by atomic mass is 14.6. The van der Waals surface area contributed by atoms with Crippen molar-refractivity contribution >= 4 is 0 Å². The van der Waals surface area contributed by atoms with Gasteiger partial charge in [-0.25, -0.2) is 0 Å². The van der Waals surface area contributed by atoms with E-state index in [4.69, 9.17) is 0 Å². The SMILES string of the molecule is CCCCC1(CCC)Cc2ccncc2C1. The van der Waals surface area contributed by atoms with Gasteiger partial charge in [-0.1, -0.05) is 33.1 Å². The van der Waals surface area contributed by atoms with E-state index in [0.29, 0.717) is 5.41 Å². The Hall–Kier alpha value is -0.850. The van der Waals surface area contributed by atoms with E-state index in [0.717, 1.165) is 0 Å². The van der Waals surface area contributed by atoms with Crippen molar-refractivity contribution in [1.82, 2.24) is 4.98 Å². The van der Waals surface area contributed by atoms with Crippen molar-refractivity contribution in [3.05, 3.63) is 29.6 Å². The molecule has 0 saturated heterocycles. The van der Waals surface area contributed by atoms with Gasteiger partial charge in [0, 0.05) is 12.4 Å². The number of hydrogen-bond donors (Lipinski definition) is 0. The Balaban J connectivity index is 2.13. The molecule has 1 heteroatoms. The van der Waals surface area contributed by atoms with E-state index in [1.165, 1.54) is 50.5 Å². The average molecular weight is 217 g/mol. The predicted molar refractivity (Wildman–Crippen MR) is 68.5 cm³/mol. The van der Waals surface area contributed by atoms with Crippen LogP contribution in [0.3, 0.4) is 0 Å². The molecule has 1 aliphatic rings. The van der Waals surface area contributed by atoms with E-state index >= 15 is 0 Å². The molecule has 0 spiro atoms. The third-order valence-electron chi connectivity index (χ3n) is 3.98. The molecule has 1 nitrogen and oxygen atoms in total. The maximum absolute atomic E-state index is 4.26. The van der Waals surface area contributed by atoms with Crippen LogP contribution in [0.4, 0.5) is 0 Å². The zero-order valence-corrected chi connectivity index (χ0v) is 10.6. The van der Waals surface area contributed by atoms with Crippen LogP contribution in [0, 0.1) is 5.41 Å². The van der Waals surface area contributed by atoms with Gasteiger partial charge in [-0.2, -0.15) is 0 Å². The molecule has 0 saturated carbocycles. The minimum Gasteiger partial charge on any atom is -0.264 e. The largest absolute Gasteiger partial charge is 0.264 e. The van der Waals surface area contributed by atoms with Crippen molar-refractivity contribution in [3.8, 4) is 0 Å². The lowest BCUT2D eigenvalue weighted by molar-refractivity contribution is 0.245. The summed E-state index contributed by atoms with van der Waals surface area (Å²) in [4.78, 5) is 4.26. The molecule has 0 amide bonds. The molecule has 16 heavy (non-hydrogen) atoms. The summed E-state index contributed by atoms with van der Waals surface area (Å²) in [6.45, 7) is 4.61. The molecule has 0 N–H and O–H groups in total. The molecule has 0 fully saturated rings. The van der Waals surface area contributed by atoms with Crippen LogP contribution >= 0.6 is 0 Å². The van der Waals surface area contributed by atoms with E-state index in [2.05, 4.69) is 31.1 Å². The second-order valence-electron chi connectivity index (χ2n) is 5.35. The van der Waals surface area contributed by atoms with Crippen LogP contribution in [0.15, 0.2) is 18.5 Å². The number of unbranched alkanes of at least 4 members (excludes halogenated alkanes) is 1. The zero-order chi connectivity index (χ0) is 11.4. The topological polar surface area (TPSA) is 12.9 Å². The van der Waals surface area contributed by atoms with E-state index in [1.807, 2.05) is 6.20 Å². The second kappa shape index (κ2) is 4.99. The van der Waals surface area contributed by atoms with Crippen LogP contribution in [0.2, 0.25) is 0 Å². The van der Waals surface area contributed by atoms with E-state index < -0.39 is 0 Å². The van der Waals surface area contributed by atoms with Crippen molar-refractivity contribution in [2.45, 2.75) is 58.8 Å². The first-order valence-electron chi connectivity index (χ1n) is 6.71. The summed E-state index contributed by atoms with van der Waals surface area (Å²) in [5.74, 6) is 0. The third kappa shape index (κ3) is 2.28. The second-order valence-corrected chi connectivity index (χ2v) is 5.35. The van der Waals surface area contributed by atoms with E-state index in [1.54, 1.807) is 5.56 Å². The number of aromatic nitrogens is 1. The molecule has 0 bridgehead atoms. The van der Waals surface area contributed by atoms with Gasteiger partial charge in [-0.15, -0.1) is 0 Å². The van der Waals surface area contributed by atoms with Crippen molar-refractivity contribution in [2.24, 2.45) is 5.41 Å². The first-order valence-corrected chi connectivity index (χ1v) is 6.71. The van der Waals surface area contributed by atoms with Gasteiger partial charge in [0.1, 0.15) is 0 Å². The quantitative estimate of drug-likeness (QED) is 0.721. The van der Waals surface area contributed by atoms with Crippen LogP contribution < -0.4 is 0 Å². The minimum absolute atomic E-state index is 0.566. The lowest BCUT2D eigenvalue weighted by Gasteiger charge is -2.28. The fourth-order valence-corrected chi connectivity index (χ4v) is 3.22. The van der Waals surface area contributed by atoms with Gasteiger partial charge in [0.2, 0.25) is 0 Å². The van der Waals surface area contributed by atoms with E-state index in [9.17, 15) is 0 Å². The molecular weight excluding hydrogens is 194 g/mol. The molecule has 88 valence electrons. The lowest BCUT2D eigenvalue weighted by atomic mass is 9.76. The van der Waals surface area contributed by atoms with Crippen LogP contribution in [0.1, 0.15) is 57.1 Å². The fourth-order valence-electron chi connectivity index (χ4n) is 3.22. The highest BCUT2D eigenvalue weighted by molar-refractivity contribution is 5.31. The van der Waals surface area contributed by atoms with Gasteiger partial charge in [0.05, 0.1) is 0 Å². The summed E-state index contributed by atoms with van der Waals surface area (Å²) in [6.07, 6.45) is 13.4. The van der Waals surface area contributed by atoms with Gasteiger partial charge in [0.25, 0.3) is 0 Å². The first kappa shape index (κ1) is 11.6. The highest BCUT2D eigenvalue weighted by Crippen LogP contribution is 2.43. The maximum Gasteiger partial charge on any atom is 0.0302 e. The van der Waals surface area contributed by atoms with E-state index in [-0.39, 0.29) is 0 Å². The maximum atomic E-state index is 4.26. The van der Waals surface area contributed by atoms with Crippen molar-refractivity contribution in [2.75, 3.05) is 0 Å². The molecule has 1 unspecified atom stereocenters. The summed E-state index contributed by atoms with van der Waals surface area (Å²) in [6, 6.07) is 2.22. The molecule has 1 heterocycles. The normalized spacial score (nSPS) is 23.4. The zero-order valence-electron chi connectivity index (χ0n) is 10.6. The standard InChI is InChI=1S/C15H23N/c1-3-5-8-15(7-4-2)10-13-6-9-16-12-14(13)11-15/h6,9,12H,3-5,7-8,10-11H2,1-2H3. The highest BCUT2D eigenvalue weighted by Gasteiger charge is 2.35. The molecule has 0 aromatic carbocycles. The fraction of sp³-hybridized carbons (Fsp3) is 0.667. The van der Waals surface area contributed by atoms with Crippen molar-refractivity contribution in [1.29, 1.82) is 0 Å². The number of pyridine rings is 1. The molecule has 1 aliphatic carbocycles. The predicted octanol–water partition coefficient (Wildman–Crippen LogP) is 4.16. The lowest BCUT2D eigenvalue weighted by Crippen LogP contribution is -2.21. The van der Waals surface area contributed by atoms with Crippen molar-refractivity contribution in [3.63, 3.8) is 0 Å². The van der Waals surface area contributed by atoms with Gasteiger partial charge in [-0.3, -0.25) is 4.98 Å². The Kier molecular flexibility index (Phi) is 3.63. The first-order chi connectivity index (χ1) is 7.79. The molecule has 1 aromatic rings. The third-order valence-corrected chi connectivity index (χ3v) is 3.98.